The van der Waals surface area contributed by atoms with Crippen LogP contribution in [-0.4, -0.2) is 38.7 Å². The van der Waals surface area contributed by atoms with Crippen molar-refractivity contribution in [3.8, 4) is 0 Å². The lowest BCUT2D eigenvalue weighted by molar-refractivity contribution is 0.135. The van der Waals surface area contributed by atoms with Gasteiger partial charge >= 0.3 is 0 Å². The van der Waals surface area contributed by atoms with Crippen LogP contribution in [-0.2, 0) is 6.54 Å². The number of hydrogen-bond donors (Lipinski definition) is 1. The number of β-amino-alcohol motifs (C(OH)–C–C–N with tert-alkyl or cyclic N) is 1. The molecule has 1 aliphatic heterocycles. The minimum absolute atomic E-state index is 0.269. The standard InChI is InChI=1S/C18H17F3N2OS/c19-11-1-3-16-14(7-11)15-8-12(20)2-4-17(15)23(16)10-13(24)9-22-6-5-18(21)25-22/h1-4,7-8,13,18,24H,5-6,9-10H2. The zero-order valence-corrected chi connectivity index (χ0v) is 14.1. The van der Waals surface area contributed by atoms with E-state index in [1.807, 2.05) is 8.87 Å². The van der Waals surface area contributed by atoms with Crippen LogP contribution >= 0.6 is 11.9 Å². The molecule has 0 saturated carbocycles. The van der Waals surface area contributed by atoms with Gasteiger partial charge in [0.15, 0.2) is 5.50 Å². The third-order valence-corrected chi connectivity index (χ3v) is 5.56. The molecule has 4 rings (SSSR count). The normalized spacial score (nSPS) is 19.9. The van der Waals surface area contributed by atoms with E-state index in [9.17, 15) is 18.3 Å². The fourth-order valence-corrected chi connectivity index (χ4v) is 4.40. The molecular weight excluding hydrogens is 349 g/mol. The van der Waals surface area contributed by atoms with Gasteiger partial charge in [0.1, 0.15) is 11.6 Å². The van der Waals surface area contributed by atoms with Gasteiger partial charge in [0, 0.05) is 41.3 Å². The second-order valence-electron chi connectivity index (χ2n) is 6.28. The van der Waals surface area contributed by atoms with Gasteiger partial charge in [-0.05, 0) is 48.3 Å². The molecule has 0 aliphatic carbocycles. The summed E-state index contributed by atoms with van der Waals surface area (Å²) in [4.78, 5) is 0. The molecule has 0 spiro atoms. The van der Waals surface area contributed by atoms with E-state index in [-0.39, 0.29) is 18.2 Å². The Morgan fingerprint density at radius 1 is 1.04 bits per heavy atom. The average Bonchev–Trinajstić information content (AvgIpc) is 3.09. The maximum Gasteiger partial charge on any atom is 0.161 e. The monoisotopic (exact) mass is 366 g/mol. The first-order valence-electron chi connectivity index (χ1n) is 8.12. The Hall–Kier alpha value is -1.70. The van der Waals surface area contributed by atoms with Crippen LogP contribution in [0.1, 0.15) is 6.42 Å². The molecule has 7 heteroatoms. The van der Waals surface area contributed by atoms with Crippen molar-refractivity contribution in [1.29, 1.82) is 0 Å². The average molecular weight is 366 g/mol. The second-order valence-corrected chi connectivity index (χ2v) is 7.52. The lowest BCUT2D eigenvalue weighted by atomic mass is 10.1. The summed E-state index contributed by atoms with van der Waals surface area (Å²) in [6.45, 7) is 1.21. The topological polar surface area (TPSA) is 28.4 Å². The van der Waals surface area contributed by atoms with Crippen LogP contribution in [0.5, 0.6) is 0 Å². The summed E-state index contributed by atoms with van der Waals surface area (Å²) in [6, 6.07) is 8.73. The molecule has 2 heterocycles. The Labute approximate surface area is 147 Å². The zero-order valence-electron chi connectivity index (χ0n) is 13.3. The van der Waals surface area contributed by atoms with Gasteiger partial charge in [0.2, 0.25) is 0 Å². The minimum atomic E-state index is -0.911. The van der Waals surface area contributed by atoms with E-state index in [0.29, 0.717) is 30.3 Å². The summed E-state index contributed by atoms with van der Waals surface area (Å²) >= 11 is 1.12. The number of rotatable bonds is 4. The van der Waals surface area contributed by atoms with Crippen molar-refractivity contribution in [2.45, 2.75) is 24.6 Å². The fourth-order valence-electron chi connectivity index (χ4n) is 3.40. The molecule has 2 atom stereocenters. The molecule has 2 aromatic carbocycles. The highest BCUT2D eigenvalue weighted by molar-refractivity contribution is 7.97. The molecule has 1 N–H and O–H groups in total. The van der Waals surface area contributed by atoms with Gasteiger partial charge in [-0.3, -0.25) is 0 Å². The van der Waals surface area contributed by atoms with Crippen LogP contribution in [0, 0.1) is 11.6 Å². The van der Waals surface area contributed by atoms with Crippen LogP contribution in [0.2, 0.25) is 0 Å². The molecule has 25 heavy (non-hydrogen) atoms. The van der Waals surface area contributed by atoms with Crippen molar-refractivity contribution in [3.05, 3.63) is 48.0 Å². The molecule has 1 fully saturated rings. The van der Waals surface area contributed by atoms with Crippen molar-refractivity contribution in [1.82, 2.24) is 8.87 Å². The molecule has 132 valence electrons. The number of nitrogens with zero attached hydrogens (tertiary/aromatic N) is 2. The highest BCUT2D eigenvalue weighted by Gasteiger charge is 2.25. The third-order valence-electron chi connectivity index (χ3n) is 4.47. The number of hydrogen-bond acceptors (Lipinski definition) is 3. The summed E-state index contributed by atoms with van der Waals surface area (Å²) in [6.07, 6.45) is -0.252. The fraction of sp³-hybridized carbons (Fsp3) is 0.333. The number of benzene rings is 2. The molecule has 2 unspecified atom stereocenters. The summed E-state index contributed by atoms with van der Waals surface area (Å²) < 4.78 is 44.2. The van der Waals surface area contributed by atoms with E-state index >= 15 is 0 Å². The number of aromatic nitrogens is 1. The third kappa shape index (κ3) is 3.23. The van der Waals surface area contributed by atoms with E-state index in [2.05, 4.69) is 0 Å². The second kappa shape index (κ2) is 6.55. The molecule has 0 bridgehead atoms. The Kier molecular flexibility index (Phi) is 4.39. The Balaban J connectivity index is 1.70. The molecule has 1 saturated heterocycles. The largest absolute Gasteiger partial charge is 0.390 e. The van der Waals surface area contributed by atoms with Gasteiger partial charge in [-0.1, -0.05) is 0 Å². The van der Waals surface area contributed by atoms with Gasteiger partial charge in [0.05, 0.1) is 12.6 Å². The van der Waals surface area contributed by atoms with Crippen molar-refractivity contribution in [2.24, 2.45) is 0 Å². The predicted molar refractivity (Wildman–Crippen MR) is 94.0 cm³/mol. The van der Waals surface area contributed by atoms with Crippen LogP contribution < -0.4 is 0 Å². The number of alkyl halides is 1. The Morgan fingerprint density at radius 3 is 2.16 bits per heavy atom. The van der Waals surface area contributed by atoms with Crippen LogP contribution in [0.3, 0.4) is 0 Å². The van der Waals surface area contributed by atoms with Gasteiger partial charge in [-0.15, -0.1) is 0 Å². The lowest BCUT2D eigenvalue weighted by Gasteiger charge is -2.19. The van der Waals surface area contributed by atoms with Gasteiger partial charge in [0.25, 0.3) is 0 Å². The smallest absolute Gasteiger partial charge is 0.161 e. The highest BCUT2D eigenvalue weighted by Crippen LogP contribution is 2.32. The molecule has 3 aromatic rings. The van der Waals surface area contributed by atoms with E-state index < -0.39 is 11.6 Å². The predicted octanol–water partition coefficient (Wildman–Crippen LogP) is 4.08. The molecule has 0 amide bonds. The van der Waals surface area contributed by atoms with E-state index in [4.69, 9.17) is 0 Å². The lowest BCUT2D eigenvalue weighted by Crippen LogP contribution is -2.29. The first-order valence-corrected chi connectivity index (χ1v) is 8.96. The van der Waals surface area contributed by atoms with Crippen LogP contribution in [0.15, 0.2) is 36.4 Å². The minimum Gasteiger partial charge on any atom is -0.390 e. The Bertz CT molecular complexity index is 870. The first kappa shape index (κ1) is 16.8. The van der Waals surface area contributed by atoms with Gasteiger partial charge in [-0.25, -0.2) is 17.5 Å². The van der Waals surface area contributed by atoms with Crippen molar-refractivity contribution in [3.63, 3.8) is 0 Å². The molecule has 1 aliphatic rings. The quantitative estimate of drug-likeness (QED) is 0.705. The number of fused-ring (bicyclic) bond motifs is 3. The highest BCUT2D eigenvalue weighted by atomic mass is 32.2. The molecular formula is C18H17F3N2OS. The maximum absolute atomic E-state index is 13.6. The SMILES string of the molecule is OC(CN1CCC(F)S1)Cn1c2ccc(F)cc2c2cc(F)ccc21. The van der Waals surface area contributed by atoms with Gasteiger partial charge in [-0.2, -0.15) is 0 Å². The van der Waals surface area contributed by atoms with Crippen LogP contribution in [0.25, 0.3) is 21.8 Å². The maximum atomic E-state index is 13.6. The number of aliphatic hydroxyl groups excluding tert-OH is 1. The summed E-state index contributed by atoms with van der Waals surface area (Å²) in [5, 5.41) is 11.7. The molecule has 1 aromatic heterocycles. The van der Waals surface area contributed by atoms with E-state index in [0.717, 1.165) is 23.0 Å². The number of halogens is 3. The molecule has 3 nitrogen and oxygen atoms in total. The molecule has 0 radical (unpaired) electrons. The van der Waals surface area contributed by atoms with Crippen LogP contribution in [0.4, 0.5) is 13.2 Å². The van der Waals surface area contributed by atoms with Gasteiger partial charge < -0.3 is 9.67 Å². The number of aliphatic hydroxyl groups is 1. The van der Waals surface area contributed by atoms with E-state index in [1.54, 1.807) is 12.1 Å². The summed E-state index contributed by atoms with van der Waals surface area (Å²) in [7, 11) is 0. The van der Waals surface area contributed by atoms with Crippen molar-refractivity contribution < 1.29 is 18.3 Å². The zero-order chi connectivity index (χ0) is 17.6. The van der Waals surface area contributed by atoms with Crippen molar-refractivity contribution in [2.75, 3.05) is 13.1 Å². The van der Waals surface area contributed by atoms with E-state index in [1.165, 1.54) is 24.3 Å². The first-order chi connectivity index (χ1) is 12.0. The Morgan fingerprint density at radius 2 is 1.64 bits per heavy atom. The summed E-state index contributed by atoms with van der Waals surface area (Å²) in [5.41, 5.74) is 0.559. The van der Waals surface area contributed by atoms with Crippen molar-refractivity contribution >= 4 is 33.8 Å². The summed E-state index contributed by atoms with van der Waals surface area (Å²) in [5.74, 6) is -0.780.